The molecule has 0 spiro atoms. The third-order valence-electron chi connectivity index (χ3n) is 3.74. The summed E-state index contributed by atoms with van der Waals surface area (Å²) in [5.41, 5.74) is -2.07. The number of nitrogens with zero attached hydrogens (tertiary/aromatic N) is 1. The van der Waals surface area contributed by atoms with E-state index in [1.54, 1.807) is 18.2 Å². The molecule has 1 heterocycles. The molecule has 0 aliphatic carbocycles. The summed E-state index contributed by atoms with van der Waals surface area (Å²) in [6, 6.07) is 7.83. The van der Waals surface area contributed by atoms with E-state index in [1.807, 2.05) is 0 Å². The lowest BCUT2D eigenvalue weighted by Crippen LogP contribution is -2.60. The second-order valence-electron chi connectivity index (χ2n) is 4.84. The fourth-order valence-corrected chi connectivity index (χ4v) is 2.76. The number of carboxylic acid groups (broad SMARTS) is 1. The third kappa shape index (κ3) is 1.93. The molecule has 1 unspecified atom stereocenters. The average Bonchev–Trinajstić information content (AvgIpc) is 2.77. The Hall–Kier alpha value is -2.05. The number of carbonyl (C=O) groups is 3. The van der Waals surface area contributed by atoms with Crippen LogP contribution in [0.5, 0.6) is 0 Å². The third-order valence-corrected chi connectivity index (χ3v) is 3.74. The zero-order chi connectivity index (χ0) is 14.9. The molecule has 0 aromatic heterocycles. The Morgan fingerprint density at radius 1 is 1.25 bits per heavy atom. The number of hydrogen-bond acceptors (Lipinski definition) is 5. The molecule has 0 amide bonds. The molecule has 1 aromatic carbocycles. The summed E-state index contributed by atoms with van der Waals surface area (Å²) in [5.74, 6) is -3.76. The first-order chi connectivity index (χ1) is 9.42. The molecule has 1 aliphatic heterocycles. The van der Waals surface area contributed by atoms with Crippen LogP contribution in [0.25, 0.3) is 0 Å². The lowest BCUT2D eigenvalue weighted by atomic mass is 9.77. The van der Waals surface area contributed by atoms with Gasteiger partial charge in [-0.05, 0) is 13.3 Å². The van der Waals surface area contributed by atoms with Crippen molar-refractivity contribution in [1.29, 1.82) is 0 Å². The van der Waals surface area contributed by atoms with E-state index in [4.69, 9.17) is 0 Å². The van der Waals surface area contributed by atoms with Gasteiger partial charge in [0, 0.05) is 12.1 Å². The van der Waals surface area contributed by atoms with Crippen LogP contribution in [0.2, 0.25) is 0 Å². The Morgan fingerprint density at radius 2 is 1.85 bits per heavy atom. The number of benzene rings is 1. The highest BCUT2D eigenvalue weighted by Crippen LogP contribution is 2.37. The minimum Gasteiger partial charge on any atom is -0.479 e. The predicted octanol–water partition coefficient (Wildman–Crippen LogP) is 0.993. The number of aliphatic carboxylic acids is 1. The van der Waals surface area contributed by atoms with Gasteiger partial charge in [-0.15, -0.1) is 0 Å². The van der Waals surface area contributed by atoms with E-state index in [9.17, 15) is 24.7 Å². The number of carboxylic acids is 1. The highest BCUT2D eigenvalue weighted by atomic mass is 16.5. The van der Waals surface area contributed by atoms with Crippen LogP contribution in [0.4, 0.5) is 0 Å². The van der Waals surface area contributed by atoms with Crippen molar-refractivity contribution >= 4 is 17.5 Å². The first kappa shape index (κ1) is 14.4. The zero-order valence-electron chi connectivity index (χ0n) is 10.9. The summed E-state index contributed by atoms with van der Waals surface area (Å²) < 4.78 is 0. The Labute approximate surface area is 115 Å². The fraction of sp³-hybridized carbons (Fsp3) is 0.357. The molecule has 106 valence electrons. The maximum absolute atomic E-state index is 12.6. The van der Waals surface area contributed by atoms with Gasteiger partial charge in [-0.3, -0.25) is 9.59 Å². The van der Waals surface area contributed by atoms with Crippen molar-refractivity contribution in [2.45, 2.75) is 18.9 Å². The van der Waals surface area contributed by atoms with Crippen LogP contribution in [0, 0.1) is 5.92 Å². The summed E-state index contributed by atoms with van der Waals surface area (Å²) in [4.78, 5) is 36.0. The highest BCUT2D eigenvalue weighted by Gasteiger charge is 2.62. The van der Waals surface area contributed by atoms with Crippen LogP contribution < -0.4 is 0 Å². The Kier molecular flexibility index (Phi) is 3.69. The van der Waals surface area contributed by atoms with E-state index >= 15 is 0 Å². The minimum atomic E-state index is -2.23. The second kappa shape index (κ2) is 5.15. The molecule has 2 N–H and O–H groups in total. The standard InChI is InChI=1S/C14H15NO5/c1-9(16)11-7-8-15(20)14(11,13(18)19)12(17)10-5-3-2-4-6-10/h2-6,11,20H,7-8H2,1H3,(H,18,19)/t11?,14-/m1/s1. The monoisotopic (exact) mass is 277 g/mol. The van der Waals surface area contributed by atoms with Crippen LogP contribution in [0.3, 0.4) is 0 Å². The van der Waals surface area contributed by atoms with Crippen molar-refractivity contribution in [3.63, 3.8) is 0 Å². The Bertz CT molecular complexity index is 556. The maximum Gasteiger partial charge on any atom is 0.335 e. The van der Waals surface area contributed by atoms with Crippen molar-refractivity contribution in [2.75, 3.05) is 6.54 Å². The van der Waals surface area contributed by atoms with E-state index in [1.165, 1.54) is 19.1 Å². The van der Waals surface area contributed by atoms with Crippen LogP contribution in [-0.2, 0) is 9.59 Å². The van der Waals surface area contributed by atoms with Gasteiger partial charge in [0.2, 0.25) is 5.54 Å². The summed E-state index contributed by atoms with van der Waals surface area (Å²) >= 11 is 0. The SMILES string of the molecule is CC(=O)C1CCN(O)[C@@]1(C(=O)O)C(=O)c1ccccc1. The smallest absolute Gasteiger partial charge is 0.335 e. The topological polar surface area (TPSA) is 94.9 Å². The molecule has 0 bridgehead atoms. The average molecular weight is 277 g/mol. The molecule has 1 saturated heterocycles. The number of hydrogen-bond donors (Lipinski definition) is 2. The van der Waals surface area contributed by atoms with E-state index in [0.717, 1.165) is 0 Å². The van der Waals surface area contributed by atoms with Crippen molar-refractivity contribution in [3.05, 3.63) is 35.9 Å². The fourth-order valence-electron chi connectivity index (χ4n) is 2.76. The summed E-state index contributed by atoms with van der Waals surface area (Å²) in [6.45, 7) is 1.20. The predicted molar refractivity (Wildman–Crippen MR) is 68.4 cm³/mol. The van der Waals surface area contributed by atoms with Gasteiger partial charge < -0.3 is 10.3 Å². The largest absolute Gasteiger partial charge is 0.479 e. The molecule has 6 heteroatoms. The van der Waals surface area contributed by atoms with Crippen LogP contribution in [0.15, 0.2) is 30.3 Å². The Morgan fingerprint density at radius 3 is 2.35 bits per heavy atom. The van der Waals surface area contributed by atoms with Crippen molar-refractivity contribution < 1.29 is 24.7 Å². The zero-order valence-corrected chi connectivity index (χ0v) is 10.9. The van der Waals surface area contributed by atoms with Gasteiger partial charge in [-0.2, -0.15) is 5.06 Å². The summed E-state index contributed by atoms with van der Waals surface area (Å²) in [5, 5.41) is 19.9. The first-order valence-electron chi connectivity index (χ1n) is 6.22. The number of carbonyl (C=O) groups excluding carboxylic acids is 2. The van der Waals surface area contributed by atoms with Gasteiger partial charge in [0.15, 0.2) is 5.78 Å². The van der Waals surface area contributed by atoms with E-state index in [-0.39, 0.29) is 18.5 Å². The van der Waals surface area contributed by atoms with Crippen LogP contribution in [0.1, 0.15) is 23.7 Å². The van der Waals surface area contributed by atoms with Crippen LogP contribution in [-0.4, -0.2) is 45.0 Å². The maximum atomic E-state index is 12.6. The normalized spacial score (nSPS) is 26.4. The molecule has 2 atom stereocenters. The molecule has 0 radical (unpaired) electrons. The van der Waals surface area contributed by atoms with Crippen molar-refractivity contribution in [3.8, 4) is 0 Å². The molecule has 20 heavy (non-hydrogen) atoms. The first-order valence-corrected chi connectivity index (χ1v) is 6.22. The molecular weight excluding hydrogens is 262 g/mol. The van der Waals surface area contributed by atoms with E-state index in [0.29, 0.717) is 5.06 Å². The van der Waals surface area contributed by atoms with Gasteiger partial charge in [0.25, 0.3) is 0 Å². The number of hydroxylamine groups is 2. The lowest BCUT2D eigenvalue weighted by molar-refractivity contribution is -0.180. The molecule has 1 aliphatic rings. The quantitative estimate of drug-likeness (QED) is 0.629. The van der Waals surface area contributed by atoms with E-state index < -0.39 is 29.0 Å². The van der Waals surface area contributed by atoms with Gasteiger partial charge in [-0.1, -0.05) is 30.3 Å². The van der Waals surface area contributed by atoms with Crippen molar-refractivity contribution in [2.24, 2.45) is 5.92 Å². The van der Waals surface area contributed by atoms with Crippen LogP contribution >= 0.6 is 0 Å². The molecule has 1 aromatic rings. The molecule has 0 saturated carbocycles. The van der Waals surface area contributed by atoms with Crippen molar-refractivity contribution in [1.82, 2.24) is 5.06 Å². The highest BCUT2D eigenvalue weighted by molar-refractivity contribution is 6.18. The van der Waals surface area contributed by atoms with Gasteiger partial charge in [0.05, 0.1) is 5.92 Å². The lowest BCUT2D eigenvalue weighted by Gasteiger charge is -2.32. The van der Waals surface area contributed by atoms with Gasteiger partial charge in [0.1, 0.15) is 5.78 Å². The molecule has 1 fully saturated rings. The van der Waals surface area contributed by atoms with Gasteiger partial charge >= 0.3 is 5.97 Å². The molecule has 2 rings (SSSR count). The minimum absolute atomic E-state index is 0.0326. The molecule has 6 nitrogen and oxygen atoms in total. The summed E-state index contributed by atoms with van der Waals surface area (Å²) in [6.07, 6.45) is 0.136. The van der Waals surface area contributed by atoms with E-state index in [2.05, 4.69) is 0 Å². The van der Waals surface area contributed by atoms with Gasteiger partial charge in [-0.25, -0.2) is 4.79 Å². The molecular formula is C14H15NO5. The number of Topliss-reactive ketones (excluding diaryl/α,β-unsaturated/α-hetero) is 2. The summed E-state index contributed by atoms with van der Waals surface area (Å²) in [7, 11) is 0. The number of ketones is 2. The second-order valence-corrected chi connectivity index (χ2v) is 4.84. The number of rotatable bonds is 4. The Balaban J connectivity index is 2.57.